The number of aromatic amines is 1. The topological polar surface area (TPSA) is 122 Å². The molecule has 0 aliphatic carbocycles. The number of rotatable bonds is 3. The fraction of sp³-hybridized carbons (Fsp3) is 0. The van der Waals surface area contributed by atoms with Gasteiger partial charge in [-0.25, -0.2) is 4.98 Å². The maximum Gasteiger partial charge on any atom is 0.280 e. The number of carbonyl (C=O) groups is 1. The van der Waals surface area contributed by atoms with E-state index in [1.807, 2.05) is 0 Å². The molecule has 10 heteroatoms. The molecule has 3 heterocycles. The Morgan fingerprint density at radius 3 is 3.17 bits per heavy atom. The lowest BCUT2D eigenvalue weighted by molar-refractivity contribution is 0.101. The summed E-state index contributed by atoms with van der Waals surface area (Å²) in [5.74, 6) is 0.0185. The predicted octanol–water partition coefficient (Wildman–Crippen LogP) is 0.563. The lowest BCUT2D eigenvalue weighted by Crippen LogP contribution is -2.13. The predicted molar refractivity (Wildman–Crippen MR) is 59.7 cm³/mol. The second-order valence-corrected chi connectivity index (χ2v) is 4.00. The molecule has 0 fully saturated rings. The number of H-pyrrole nitrogens is 1. The average molecular weight is 263 g/mol. The third-order valence-corrected chi connectivity index (χ3v) is 2.74. The van der Waals surface area contributed by atoms with Crippen LogP contribution in [0.25, 0.3) is 10.8 Å². The van der Waals surface area contributed by atoms with E-state index in [1.165, 1.54) is 17.4 Å². The highest BCUT2D eigenvalue weighted by Gasteiger charge is 2.16. The number of hydrogen-bond donors (Lipinski definition) is 2. The number of hydrogen-bond acceptors (Lipinski definition) is 8. The highest BCUT2D eigenvalue weighted by molar-refractivity contribution is 7.13. The van der Waals surface area contributed by atoms with E-state index in [2.05, 4.69) is 36.1 Å². The maximum atomic E-state index is 11.7. The molecule has 3 aromatic heterocycles. The first-order chi connectivity index (χ1) is 8.83. The summed E-state index contributed by atoms with van der Waals surface area (Å²) in [6.45, 7) is 0. The molecule has 0 spiro atoms. The fourth-order valence-corrected chi connectivity index (χ4v) is 1.79. The monoisotopic (exact) mass is 263 g/mol. The van der Waals surface area contributed by atoms with E-state index in [1.54, 1.807) is 11.6 Å². The van der Waals surface area contributed by atoms with Crippen molar-refractivity contribution in [3.8, 4) is 10.8 Å². The lowest BCUT2D eigenvalue weighted by atomic mass is 10.3. The van der Waals surface area contributed by atoms with Crippen LogP contribution in [0.1, 0.15) is 10.5 Å². The molecule has 0 aliphatic rings. The second-order valence-electron chi connectivity index (χ2n) is 3.10. The van der Waals surface area contributed by atoms with Gasteiger partial charge >= 0.3 is 0 Å². The third-order valence-electron chi connectivity index (χ3n) is 1.96. The van der Waals surface area contributed by atoms with Crippen molar-refractivity contribution in [2.45, 2.75) is 0 Å². The zero-order chi connectivity index (χ0) is 12.4. The molecule has 0 saturated heterocycles. The molecule has 90 valence electrons. The number of amides is 1. The van der Waals surface area contributed by atoms with Gasteiger partial charge in [0, 0.05) is 17.6 Å². The van der Waals surface area contributed by atoms with E-state index in [4.69, 9.17) is 4.52 Å². The number of tetrazole rings is 1. The van der Waals surface area contributed by atoms with Crippen LogP contribution in [0.15, 0.2) is 22.2 Å². The summed E-state index contributed by atoms with van der Waals surface area (Å²) in [6, 6.07) is 1.49. The van der Waals surface area contributed by atoms with E-state index in [0.29, 0.717) is 10.8 Å². The molecule has 3 rings (SSSR count). The van der Waals surface area contributed by atoms with Crippen molar-refractivity contribution < 1.29 is 9.32 Å². The van der Waals surface area contributed by atoms with E-state index in [0.717, 1.165) is 0 Å². The third kappa shape index (κ3) is 1.96. The van der Waals surface area contributed by atoms with Gasteiger partial charge in [0.15, 0.2) is 16.5 Å². The molecule has 0 saturated carbocycles. The summed E-state index contributed by atoms with van der Waals surface area (Å²) in [4.78, 5) is 15.8. The van der Waals surface area contributed by atoms with Crippen molar-refractivity contribution in [3.05, 3.63) is 23.3 Å². The zero-order valence-corrected chi connectivity index (χ0v) is 9.51. The van der Waals surface area contributed by atoms with Crippen LogP contribution in [0.5, 0.6) is 0 Å². The van der Waals surface area contributed by atoms with E-state index >= 15 is 0 Å². The van der Waals surface area contributed by atoms with Crippen molar-refractivity contribution in [1.29, 1.82) is 0 Å². The van der Waals surface area contributed by atoms with Gasteiger partial charge in [-0.1, -0.05) is 10.3 Å². The molecule has 1 amide bonds. The quantitative estimate of drug-likeness (QED) is 0.707. The lowest BCUT2D eigenvalue weighted by Gasteiger charge is -1.93. The van der Waals surface area contributed by atoms with E-state index < -0.39 is 5.91 Å². The SMILES string of the molecule is O=C(Nc1nn[nH]n1)c1cc(-c2nccs2)on1. The number of thiazole rings is 1. The van der Waals surface area contributed by atoms with Crippen LogP contribution in [-0.4, -0.2) is 36.7 Å². The summed E-state index contributed by atoms with van der Waals surface area (Å²) in [7, 11) is 0. The Kier molecular flexibility index (Phi) is 2.53. The van der Waals surface area contributed by atoms with Crippen molar-refractivity contribution in [2.75, 3.05) is 5.32 Å². The van der Waals surface area contributed by atoms with Crippen molar-refractivity contribution in [2.24, 2.45) is 0 Å². The minimum atomic E-state index is -0.483. The Labute approximate surface area is 103 Å². The first-order valence-corrected chi connectivity index (χ1v) is 5.62. The average Bonchev–Trinajstić information content (AvgIpc) is 3.11. The first kappa shape index (κ1) is 10.5. The summed E-state index contributed by atoms with van der Waals surface area (Å²) in [6.07, 6.45) is 1.64. The minimum Gasteiger partial charge on any atom is -0.353 e. The van der Waals surface area contributed by atoms with Gasteiger partial charge in [0.2, 0.25) is 0 Å². The minimum absolute atomic E-state index is 0.0683. The molecule has 0 bridgehead atoms. The number of nitrogens with zero attached hydrogens (tertiary/aromatic N) is 5. The van der Waals surface area contributed by atoms with Crippen LogP contribution >= 0.6 is 11.3 Å². The molecule has 0 aliphatic heterocycles. The molecule has 18 heavy (non-hydrogen) atoms. The van der Waals surface area contributed by atoms with Gasteiger partial charge in [-0.15, -0.1) is 16.4 Å². The molecular weight excluding hydrogens is 258 g/mol. The van der Waals surface area contributed by atoms with Gasteiger partial charge in [0.25, 0.3) is 11.9 Å². The Balaban J connectivity index is 1.79. The molecule has 3 aromatic rings. The van der Waals surface area contributed by atoms with E-state index in [-0.39, 0.29) is 11.6 Å². The highest BCUT2D eigenvalue weighted by atomic mass is 32.1. The second kappa shape index (κ2) is 4.33. The Bertz CT molecular complexity index is 645. The van der Waals surface area contributed by atoms with Gasteiger partial charge in [-0.2, -0.15) is 5.21 Å². The summed E-state index contributed by atoms with van der Waals surface area (Å²) >= 11 is 1.39. The smallest absolute Gasteiger partial charge is 0.280 e. The van der Waals surface area contributed by atoms with Crippen LogP contribution in [0, 0.1) is 0 Å². The molecule has 0 aromatic carbocycles. The number of nitrogens with one attached hydrogen (secondary N) is 2. The normalized spacial score (nSPS) is 10.4. The number of anilines is 1. The molecule has 0 radical (unpaired) electrons. The molecule has 0 atom stereocenters. The summed E-state index contributed by atoms with van der Waals surface area (Å²) < 4.78 is 5.02. The van der Waals surface area contributed by atoms with Crippen LogP contribution in [0.2, 0.25) is 0 Å². The van der Waals surface area contributed by atoms with Crippen LogP contribution < -0.4 is 5.32 Å². The molecule has 2 N–H and O–H groups in total. The summed E-state index contributed by atoms with van der Waals surface area (Å²) in [5, 5.41) is 21.2. The van der Waals surface area contributed by atoms with Crippen LogP contribution in [-0.2, 0) is 0 Å². The number of carbonyl (C=O) groups excluding carboxylic acids is 1. The molecule has 0 unspecified atom stereocenters. The van der Waals surface area contributed by atoms with Crippen LogP contribution in [0.3, 0.4) is 0 Å². The van der Waals surface area contributed by atoms with Gasteiger partial charge in [-0.3, -0.25) is 10.1 Å². The number of aromatic nitrogens is 6. The van der Waals surface area contributed by atoms with Gasteiger partial charge < -0.3 is 4.52 Å². The van der Waals surface area contributed by atoms with Gasteiger partial charge in [0.1, 0.15) is 0 Å². The standard InChI is InChI=1S/C8H5N7O2S/c16-6(10-8-11-14-15-12-8)4-3-5(17-13-4)7-9-1-2-18-7/h1-3H,(H2,10,11,12,14,15,16). The molecule has 9 nitrogen and oxygen atoms in total. The van der Waals surface area contributed by atoms with Gasteiger partial charge in [0.05, 0.1) is 0 Å². The van der Waals surface area contributed by atoms with Crippen LogP contribution in [0.4, 0.5) is 5.95 Å². The Hall–Kier alpha value is -2.62. The first-order valence-electron chi connectivity index (χ1n) is 4.74. The highest BCUT2D eigenvalue weighted by Crippen LogP contribution is 2.22. The van der Waals surface area contributed by atoms with E-state index in [9.17, 15) is 4.79 Å². The maximum absolute atomic E-state index is 11.7. The van der Waals surface area contributed by atoms with Gasteiger partial charge in [-0.05, 0) is 5.21 Å². The zero-order valence-electron chi connectivity index (χ0n) is 8.69. The fourth-order valence-electron chi connectivity index (χ4n) is 1.21. The van der Waals surface area contributed by atoms with Crippen molar-refractivity contribution >= 4 is 23.2 Å². The Morgan fingerprint density at radius 2 is 2.44 bits per heavy atom. The summed E-state index contributed by atoms with van der Waals surface area (Å²) in [5.41, 5.74) is 0.116. The van der Waals surface area contributed by atoms with Crippen molar-refractivity contribution in [1.82, 2.24) is 30.8 Å². The molecular formula is C8H5N7O2S. The Morgan fingerprint density at radius 1 is 1.50 bits per heavy atom. The largest absolute Gasteiger partial charge is 0.353 e. The van der Waals surface area contributed by atoms with Crippen molar-refractivity contribution in [3.63, 3.8) is 0 Å².